The van der Waals surface area contributed by atoms with Gasteiger partial charge >= 0.3 is 0 Å². The smallest absolute Gasteiger partial charge is 0.291 e. The van der Waals surface area contributed by atoms with Crippen molar-refractivity contribution in [1.29, 1.82) is 0 Å². The van der Waals surface area contributed by atoms with Crippen LogP contribution in [0.4, 0.5) is 17.6 Å². The predicted octanol–water partition coefficient (Wildman–Crippen LogP) is 1.88. The van der Waals surface area contributed by atoms with E-state index in [1.54, 1.807) is 12.1 Å². The number of carbonyl (C=O) groups excluding carboxylic acids is 1. The number of hydrogen-bond donors (Lipinski definition) is 3. The third-order valence-electron chi connectivity index (χ3n) is 3.75. The molecule has 142 valence electrons. The van der Waals surface area contributed by atoms with E-state index < -0.39 is 10.0 Å². The standard InChI is InChI=1S/C16H18N6O3S2/c1-9-8-10(2)26-13(9)14(23)22-15(17)20-16(21-22)19-11-4-6-12(7-5-11)27(24,25)18-3/h4-8,18H,1-3H3,(H3,17,19,20,21). The second-order valence-electron chi connectivity index (χ2n) is 5.74. The molecule has 0 aliphatic rings. The molecule has 2 aromatic heterocycles. The zero-order valence-corrected chi connectivity index (χ0v) is 16.5. The molecule has 2 heterocycles. The van der Waals surface area contributed by atoms with Crippen molar-refractivity contribution >= 4 is 44.9 Å². The van der Waals surface area contributed by atoms with Crippen LogP contribution in [0.25, 0.3) is 0 Å². The third-order valence-corrected chi connectivity index (χ3v) is 6.32. The Kier molecular flexibility index (Phi) is 5.00. The monoisotopic (exact) mass is 406 g/mol. The number of nitrogens with two attached hydrogens (primary N) is 1. The van der Waals surface area contributed by atoms with Crippen molar-refractivity contribution in [3.05, 3.63) is 45.6 Å². The van der Waals surface area contributed by atoms with Gasteiger partial charge in [-0.1, -0.05) is 0 Å². The Bertz CT molecular complexity index is 1100. The van der Waals surface area contributed by atoms with Crippen LogP contribution < -0.4 is 15.8 Å². The van der Waals surface area contributed by atoms with Crippen molar-refractivity contribution in [2.45, 2.75) is 18.7 Å². The van der Waals surface area contributed by atoms with E-state index in [9.17, 15) is 13.2 Å². The summed E-state index contributed by atoms with van der Waals surface area (Å²) in [6.45, 7) is 3.77. The average Bonchev–Trinajstić information content (AvgIpc) is 3.16. The Labute approximate surface area is 160 Å². The van der Waals surface area contributed by atoms with E-state index in [1.165, 1.54) is 30.5 Å². The number of nitrogens with zero attached hydrogens (tertiary/aromatic N) is 3. The van der Waals surface area contributed by atoms with Crippen LogP contribution in [-0.2, 0) is 10.0 Å². The molecule has 9 nitrogen and oxygen atoms in total. The molecule has 0 bridgehead atoms. The lowest BCUT2D eigenvalue weighted by molar-refractivity contribution is 0.0951. The number of rotatable bonds is 5. The molecule has 0 spiro atoms. The number of anilines is 3. The van der Waals surface area contributed by atoms with E-state index in [0.29, 0.717) is 10.6 Å². The van der Waals surface area contributed by atoms with Crippen molar-refractivity contribution in [2.75, 3.05) is 18.1 Å². The number of carbonyl (C=O) groups is 1. The van der Waals surface area contributed by atoms with E-state index >= 15 is 0 Å². The van der Waals surface area contributed by atoms with E-state index in [1.807, 2.05) is 19.9 Å². The summed E-state index contributed by atoms with van der Waals surface area (Å²) in [6, 6.07) is 7.94. The third kappa shape index (κ3) is 3.84. The summed E-state index contributed by atoms with van der Waals surface area (Å²) in [5, 5.41) is 7.02. The number of nitrogens with one attached hydrogen (secondary N) is 2. The first kappa shape index (κ1) is 19.0. The molecular weight excluding hydrogens is 388 g/mol. The zero-order chi connectivity index (χ0) is 19.8. The number of benzene rings is 1. The van der Waals surface area contributed by atoms with Crippen LogP contribution in [0, 0.1) is 13.8 Å². The summed E-state index contributed by atoms with van der Waals surface area (Å²) < 4.78 is 26.8. The highest BCUT2D eigenvalue weighted by molar-refractivity contribution is 7.89. The van der Waals surface area contributed by atoms with E-state index in [2.05, 4.69) is 20.1 Å². The van der Waals surface area contributed by atoms with Gasteiger partial charge < -0.3 is 11.1 Å². The minimum Gasteiger partial charge on any atom is -0.368 e. The largest absolute Gasteiger partial charge is 0.368 e. The van der Waals surface area contributed by atoms with Gasteiger partial charge in [0.05, 0.1) is 9.77 Å². The molecule has 0 amide bonds. The van der Waals surface area contributed by atoms with Crippen LogP contribution in [0.3, 0.4) is 0 Å². The SMILES string of the molecule is CNS(=O)(=O)c1ccc(Nc2nc(N)n(C(=O)c3sc(C)cc3C)n2)cc1. The minimum absolute atomic E-state index is 0.0395. The molecule has 0 aliphatic carbocycles. The van der Waals surface area contributed by atoms with Crippen LogP contribution in [0.15, 0.2) is 35.2 Å². The normalized spacial score (nSPS) is 11.5. The van der Waals surface area contributed by atoms with Crippen LogP contribution in [0.1, 0.15) is 20.1 Å². The number of thiophene rings is 1. The van der Waals surface area contributed by atoms with E-state index in [-0.39, 0.29) is 22.7 Å². The maximum atomic E-state index is 12.6. The van der Waals surface area contributed by atoms with Gasteiger partial charge in [0.25, 0.3) is 5.91 Å². The Morgan fingerprint density at radius 1 is 1.22 bits per heavy atom. The maximum absolute atomic E-state index is 12.6. The molecule has 27 heavy (non-hydrogen) atoms. The highest BCUT2D eigenvalue weighted by atomic mass is 32.2. The fourth-order valence-corrected chi connectivity index (χ4v) is 4.12. The van der Waals surface area contributed by atoms with Gasteiger partial charge in [-0.2, -0.15) is 9.67 Å². The molecule has 0 atom stereocenters. The lowest BCUT2D eigenvalue weighted by Gasteiger charge is -2.05. The number of sulfonamides is 1. The van der Waals surface area contributed by atoms with Crippen molar-refractivity contribution in [2.24, 2.45) is 0 Å². The van der Waals surface area contributed by atoms with Gasteiger partial charge in [-0.25, -0.2) is 13.1 Å². The molecule has 3 rings (SSSR count). The van der Waals surface area contributed by atoms with Gasteiger partial charge in [0.15, 0.2) is 0 Å². The lowest BCUT2D eigenvalue weighted by Crippen LogP contribution is -2.18. The van der Waals surface area contributed by atoms with Gasteiger partial charge in [-0.3, -0.25) is 4.79 Å². The van der Waals surface area contributed by atoms with Crippen molar-refractivity contribution < 1.29 is 13.2 Å². The van der Waals surface area contributed by atoms with Crippen LogP contribution >= 0.6 is 11.3 Å². The fraction of sp³-hybridized carbons (Fsp3) is 0.188. The second-order valence-corrected chi connectivity index (χ2v) is 8.88. The van der Waals surface area contributed by atoms with Gasteiger partial charge in [0.1, 0.15) is 0 Å². The molecule has 4 N–H and O–H groups in total. The van der Waals surface area contributed by atoms with Crippen molar-refractivity contribution in [3.8, 4) is 0 Å². The average molecular weight is 406 g/mol. The fourth-order valence-electron chi connectivity index (χ4n) is 2.44. The first-order valence-corrected chi connectivity index (χ1v) is 10.2. The molecule has 0 saturated carbocycles. The number of aryl methyl sites for hydroxylation is 2. The topological polar surface area (TPSA) is 132 Å². The molecule has 0 radical (unpaired) electrons. The predicted molar refractivity (Wildman–Crippen MR) is 104 cm³/mol. The Balaban J connectivity index is 1.83. The summed E-state index contributed by atoms with van der Waals surface area (Å²) >= 11 is 1.37. The summed E-state index contributed by atoms with van der Waals surface area (Å²) in [5.74, 6) is -0.252. The molecule has 3 aromatic rings. The number of nitrogen functional groups attached to an aromatic ring is 1. The van der Waals surface area contributed by atoms with Crippen molar-refractivity contribution in [1.82, 2.24) is 19.5 Å². The first-order chi connectivity index (χ1) is 12.7. The molecule has 0 fully saturated rings. The quantitative estimate of drug-likeness (QED) is 0.589. The molecule has 1 aromatic carbocycles. The summed E-state index contributed by atoms with van der Waals surface area (Å²) in [6.07, 6.45) is 0. The number of hydrogen-bond acceptors (Lipinski definition) is 8. The highest BCUT2D eigenvalue weighted by Gasteiger charge is 2.20. The van der Waals surface area contributed by atoms with E-state index in [4.69, 9.17) is 5.73 Å². The summed E-state index contributed by atoms with van der Waals surface area (Å²) in [5.41, 5.74) is 7.24. The van der Waals surface area contributed by atoms with Gasteiger partial charge in [0, 0.05) is 10.6 Å². The van der Waals surface area contributed by atoms with Gasteiger partial charge in [-0.05, 0) is 56.8 Å². The minimum atomic E-state index is -3.51. The van der Waals surface area contributed by atoms with Crippen molar-refractivity contribution in [3.63, 3.8) is 0 Å². The highest BCUT2D eigenvalue weighted by Crippen LogP contribution is 2.23. The molecule has 0 unspecified atom stereocenters. The summed E-state index contributed by atoms with van der Waals surface area (Å²) in [4.78, 5) is 18.4. The van der Waals surface area contributed by atoms with Crippen LogP contribution in [0.5, 0.6) is 0 Å². The first-order valence-electron chi connectivity index (χ1n) is 7.86. The van der Waals surface area contributed by atoms with Gasteiger partial charge in [0.2, 0.25) is 21.9 Å². The van der Waals surface area contributed by atoms with Gasteiger partial charge in [-0.15, -0.1) is 16.4 Å². The Hall–Kier alpha value is -2.76. The maximum Gasteiger partial charge on any atom is 0.291 e. The Morgan fingerprint density at radius 3 is 2.44 bits per heavy atom. The van der Waals surface area contributed by atoms with E-state index in [0.717, 1.165) is 15.1 Å². The zero-order valence-electron chi connectivity index (χ0n) is 14.8. The Morgan fingerprint density at radius 2 is 1.89 bits per heavy atom. The second kappa shape index (κ2) is 7.10. The molecule has 0 aliphatic heterocycles. The number of aromatic nitrogens is 3. The van der Waals surface area contributed by atoms with Crippen LogP contribution in [-0.4, -0.2) is 36.1 Å². The molecule has 0 saturated heterocycles. The van der Waals surface area contributed by atoms with Crippen LogP contribution in [0.2, 0.25) is 0 Å². The lowest BCUT2D eigenvalue weighted by atomic mass is 10.2. The molecule has 11 heteroatoms. The molecular formula is C16H18N6O3S2. The summed E-state index contributed by atoms with van der Waals surface area (Å²) in [7, 11) is -2.17.